The summed E-state index contributed by atoms with van der Waals surface area (Å²) < 4.78 is 16.3. The van der Waals surface area contributed by atoms with Gasteiger partial charge in [-0.05, 0) is 69.2 Å². The minimum Gasteiger partial charge on any atom is -0.493 e. The molecule has 0 bridgehead atoms. The van der Waals surface area contributed by atoms with Gasteiger partial charge in [0.1, 0.15) is 0 Å². The highest BCUT2D eigenvalue weighted by molar-refractivity contribution is 6.03. The average Bonchev–Trinajstić information content (AvgIpc) is 2.78. The van der Waals surface area contributed by atoms with Gasteiger partial charge in [0.25, 0.3) is 5.91 Å². The second-order valence-electron chi connectivity index (χ2n) is 7.29. The molecule has 2 aromatic carbocycles. The lowest BCUT2D eigenvalue weighted by molar-refractivity contribution is -0.111. The van der Waals surface area contributed by atoms with E-state index in [1.807, 2.05) is 32.9 Å². The van der Waals surface area contributed by atoms with E-state index in [2.05, 4.69) is 10.6 Å². The summed E-state index contributed by atoms with van der Waals surface area (Å²) in [6.45, 7) is 7.62. The van der Waals surface area contributed by atoms with E-state index in [9.17, 15) is 9.59 Å². The average molecular weight is 441 g/mol. The van der Waals surface area contributed by atoms with Crippen molar-refractivity contribution < 1.29 is 23.8 Å². The van der Waals surface area contributed by atoms with Gasteiger partial charge in [0.15, 0.2) is 11.5 Å². The number of rotatable bonds is 12. The van der Waals surface area contributed by atoms with Crippen LogP contribution < -0.4 is 20.1 Å². The zero-order valence-electron chi connectivity index (χ0n) is 19.1. The molecule has 0 aliphatic heterocycles. The minimum absolute atomic E-state index is 0.0315. The Hall–Kier alpha value is -3.32. The maximum absolute atomic E-state index is 12.3. The number of anilines is 1. The van der Waals surface area contributed by atoms with E-state index in [4.69, 9.17) is 14.2 Å². The fourth-order valence-corrected chi connectivity index (χ4v) is 2.86. The van der Waals surface area contributed by atoms with Crippen LogP contribution in [0.15, 0.2) is 48.5 Å². The third kappa shape index (κ3) is 8.43. The first-order chi connectivity index (χ1) is 15.4. The van der Waals surface area contributed by atoms with Gasteiger partial charge < -0.3 is 24.8 Å². The lowest BCUT2D eigenvalue weighted by atomic mass is 10.1. The molecule has 7 nitrogen and oxygen atoms in total. The largest absolute Gasteiger partial charge is 0.493 e. The van der Waals surface area contributed by atoms with Gasteiger partial charge in [0.2, 0.25) is 5.91 Å². The van der Waals surface area contributed by atoms with Crippen LogP contribution in [0.2, 0.25) is 0 Å². The molecule has 32 heavy (non-hydrogen) atoms. The number of hydrogen-bond acceptors (Lipinski definition) is 5. The number of hydrogen-bond donors (Lipinski definition) is 2. The van der Waals surface area contributed by atoms with E-state index >= 15 is 0 Å². The monoisotopic (exact) mass is 440 g/mol. The molecule has 2 N–H and O–H groups in total. The summed E-state index contributed by atoms with van der Waals surface area (Å²) in [4.78, 5) is 24.6. The molecule has 0 fully saturated rings. The van der Waals surface area contributed by atoms with Crippen molar-refractivity contribution in [2.24, 2.45) is 0 Å². The molecule has 2 amide bonds. The standard InChI is InChI=1S/C25H32N2O5/c1-5-31-15-7-14-26-25(29)20-8-6-9-21(17-20)27-24(28)13-11-19-10-12-22(32-18(2)3)23(16-19)30-4/h6,8-13,16-18H,5,7,14-15H2,1-4H3,(H,26,29)(H,27,28). The molecular weight excluding hydrogens is 408 g/mol. The predicted octanol–water partition coefficient (Wildman–Crippen LogP) is 4.29. The van der Waals surface area contributed by atoms with E-state index < -0.39 is 0 Å². The van der Waals surface area contributed by atoms with Crippen LogP contribution >= 0.6 is 0 Å². The topological polar surface area (TPSA) is 85.9 Å². The molecule has 0 aromatic heterocycles. The number of amides is 2. The van der Waals surface area contributed by atoms with Crippen LogP contribution in [0.3, 0.4) is 0 Å². The SMILES string of the molecule is CCOCCCNC(=O)c1cccc(NC(=O)C=Cc2ccc(OC(C)C)c(OC)c2)c1. The van der Waals surface area contributed by atoms with Gasteiger partial charge in [-0.25, -0.2) is 0 Å². The molecule has 2 aromatic rings. The predicted molar refractivity (Wildman–Crippen MR) is 126 cm³/mol. The normalized spacial score (nSPS) is 10.9. The van der Waals surface area contributed by atoms with E-state index in [-0.39, 0.29) is 17.9 Å². The van der Waals surface area contributed by atoms with Crippen LogP contribution in [-0.4, -0.2) is 44.8 Å². The molecule has 0 aliphatic carbocycles. The molecule has 0 radical (unpaired) electrons. The maximum atomic E-state index is 12.3. The fourth-order valence-electron chi connectivity index (χ4n) is 2.86. The minimum atomic E-state index is -0.305. The van der Waals surface area contributed by atoms with Gasteiger partial charge in [-0.1, -0.05) is 12.1 Å². The highest BCUT2D eigenvalue weighted by Crippen LogP contribution is 2.29. The number of benzene rings is 2. The second kappa shape index (κ2) is 13.2. The van der Waals surface area contributed by atoms with Crippen LogP contribution in [0, 0.1) is 0 Å². The Bertz CT molecular complexity index is 924. The first-order valence-corrected chi connectivity index (χ1v) is 10.7. The summed E-state index contributed by atoms with van der Waals surface area (Å²) in [5.41, 5.74) is 1.82. The molecule has 2 rings (SSSR count). The zero-order chi connectivity index (χ0) is 23.3. The Kier molecular flexibility index (Phi) is 10.3. The van der Waals surface area contributed by atoms with Crippen LogP contribution in [0.25, 0.3) is 6.08 Å². The van der Waals surface area contributed by atoms with Crippen LogP contribution in [0.1, 0.15) is 43.1 Å². The second-order valence-corrected chi connectivity index (χ2v) is 7.29. The highest BCUT2D eigenvalue weighted by atomic mass is 16.5. The van der Waals surface area contributed by atoms with E-state index in [1.165, 1.54) is 6.08 Å². The van der Waals surface area contributed by atoms with Crippen LogP contribution in [-0.2, 0) is 9.53 Å². The molecule has 7 heteroatoms. The molecule has 0 unspecified atom stereocenters. The third-order valence-electron chi connectivity index (χ3n) is 4.32. The fraction of sp³-hybridized carbons (Fsp3) is 0.360. The zero-order valence-corrected chi connectivity index (χ0v) is 19.1. The molecule has 0 aliphatic rings. The Morgan fingerprint density at radius 2 is 1.91 bits per heavy atom. The molecular formula is C25H32N2O5. The van der Waals surface area contributed by atoms with Gasteiger partial charge in [-0.15, -0.1) is 0 Å². The van der Waals surface area contributed by atoms with Crippen molar-refractivity contribution in [3.63, 3.8) is 0 Å². The smallest absolute Gasteiger partial charge is 0.251 e. The first kappa shape index (κ1) is 24.9. The molecule has 0 atom stereocenters. The van der Waals surface area contributed by atoms with Crippen molar-refractivity contribution in [2.45, 2.75) is 33.3 Å². The Balaban J connectivity index is 1.94. The van der Waals surface area contributed by atoms with E-state index in [1.54, 1.807) is 43.5 Å². The molecule has 172 valence electrons. The van der Waals surface area contributed by atoms with E-state index in [0.29, 0.717) is 42.5 Å². The van der Waals surface area contributed by atoms with Crippen molar-refractivity contribution in [1.29, 1.82) is 0 Å². The number of nitrogens with one attached hydrogen (secondary N) is 2. The lowest BCUT2D eigenvalue weighted by Gasteiger charge is -2.13. The first-order valence-electron chi connectivity index (χ1n) is 10.7. The van der Waals surface area contributed by atoms with Crippen molar-refractivity contribution in [1.82, 2.24) is 5.32 Å². The molecule has 0 heterocycles. The van der Waals surface area contributed by atoms with Crippen LogP contribution in [0.4, 0.5) is 5.69 Å². The quantitative estimate of drug-likeness (QED) is 0.380. The number of ether oxygens (including phenoxy) is 3. The summed E-state index contributed by atoms with van der Waals surface area (Å²) >= 11 is 0. The molecule has 0 saturated carbocycles. The van der Waals surface area contributed by atoms with Crippen molar-refractivity contribution >= 4 is 23.6 Å². The Labute approximate surface area is 189 Å². The summed E-state index contributed by atoms with van der Waals surface area (Å²) in [5, 5.41) is 5.62. The lowest BCUT2D eigenvalue weighted by Crippen LogP contribution is -2.25. The summed E-state index contributed by atoms with van der Waals surface area (Å²) in [6, 6.07) is 12.3. The number of methoxy groups -OCH3 is 1. The molecule has 0 saturated heterocycles. The van der Waals surface area contributed by atoms with Crippen LogP contribution in [0.5, 0.6) is 11.5 Å². The van der Waals surface area contributed by atoms with Gasteiger partial charge in [0, 0.05) is 37.1 Å². The summed E-state index contributed by atoms with van der Waals surface area (Å²) in [7, 11) is 1.57. The third-order valence-corrected chi connectivity index (χ3v) is 4.32. The van der Waals surface area contributed by atoms with Gasteiger partial charge >= 0.3 is 0 Å². The Morgan fingerprint density at radius 3 is 2.62 bits per heavy atom. The summed E-state index contributed by atoms with van der Waals surface area (Å²) in [6.07, 6.45) is 3.89. The van der Waals surface area contributed by atoms with Crippen molar-refractivity contribution in [3.05, 3.63) is 59.7 Å². The van der Waals surface area contributed by atoms with Gasteiger partial charge in [0.05, 0.1) is 13.2 Å². The number of carbonyl (C=O) groups excluding carboxylic acids is 2. The number of carbonyl (C=O) groups is 2. The summed E-state index contributed by atoms with van der Waals surface area (Å²) in [5.74, 6) is 0.753. The van der Waals surface area contributed by atoms with Gasteiger partial charge in [-0.3, -0.25) is 9.59 Å². The molecule has 0 spiro atoms. The van der Waals surface area contributed by atoms with E-state index in [0.717, 1.165) is 12.0 Å². The van der Waals surface area contributed by atoms with Crippen molar-refractivity contribution in [2.75, 3.05) is 32.2 Å². The highest BCUT2D eigenvalue weighted by Gasteiger charge is 2.08. The van der Waals surface area contributed by atoms with Gasteiger partial charge in [-0.2, -0.15) is 0 Å². The maximum Gasteiger partial charge on any atom is 0.251 e. The Morgan fingerprint density at radius 1 is 1.09 bits per heavy atom. The van der Waals surface area contributed by atoms with Crippen molar-refractivity contribution in [3.8, 4) is 11.5 Å².